The average Bonchev–Trinajstić information content (AvgIpc) is 2.90. The zero-order chi connectivity index (χ0) is 17.9. The van der Waals surface area contributed by atoms with Crippen molar-refractivity contribution in [2.24, 2.45) is 0 Å². The molecule has 1 aliphatic rings. The van der Waals surface area contributed by atoms with Gasteiger partial charge in [0.1, 0.15) is 23.0 Å². The van der Waals surface area contributed by atoms with Crippen molar-refractivity contribution in [2.45, 2.75) is 0 Å². The topological polar surface area (TPSA) is 102 Å². The van der Waals surface area contributed by atoms with Crippen LogP contribution in [0.4, 0.5) is 0 Å². The summed E-state index contributed by atoms with van der Waals surface area (Å²) in [5.74, 6) is -1.34. The molecule has 1 aliphatic heterocycles. The number of cyclic esters (lactones) is 2. The molecule has 7 heteroatoms. The molecule has 0 aliphatic carbocycles. The Labute approximate surface area is 141 Å². The van der Waals surface area contributed by atoms with E-state index in [0.29, 0.717) is 11.5 Å². The largest absolute Gasteiger partial charge is 0.507 e. The summed E-state index contributed by atoms with van der Waals surface area (Å²) in [5.41, 5.74) is 0.0711. The fraction of sp³-hybridized carbons (Fsp3) is 0.111. The highest BCUT2D eigenvalue weighted by Gasteiger charge is 2.32. The van der Waals surface area contributed by atoms with Crippen LogP contribution in [-0.4, -0.2) is 36.4 Å². The summed E-state index contributed by atoms with van der Waals surface area (Å²) in [6.07, 6.45) is 0. The van der Waals surface area contributed by atoms with Gasteiger partial charge >= 0.3 is 11.9 Å². The van der Waals surface area contributed by atoms with Crippen LogP contribution < -0.4 is 9.47 Å². The molecule has 0 aromatic heterocycles. The van der Waals surface area contributed by atoms with Gasteiger partial charge in [0.2, 0.25) is 0 Å². The van der Waals surface area contributed by atoms with Gasteiger partial charge in [0.05, 0.1) is 36.1 Å². The van der Waals surface area contributed by atoms with E-state index in [-0.39, 0.29) is 44.2 Å². The zero-order valence-electron chi connectivity index (χ0n) is 13.2. The molecule has 0 unspecified atom stereocenters. The van der Waals surface area contributed by atoms with Crippen molar-refractivity contribution in [3.05, 3.63) is 35.4 Å². The molecule has 0 atom stereocenters. The third-order valence-corrected chi connectivity index (χ3v) is 4.34. The molecule has 0 spiro atoms. The molecule has 0 amide bonds. The van der Waals surface area contributed by atoms with Gasteiger partial charge in [-0.05, 0) is 24.3 Å². The number of phenols is 2. The van der Waals surface area contributed by atoms with E-state index >= 15 is 0 Å². The molecule has 2 N–H and O–H groups in total. The third kappa shape index (κ3) is 1.86. The Bertz CT molecular complexity index is 1010. The molecule has 1 heterocycles. The van der Waals surface area contributed by atoms with Crippen LogP contribution in [0, 0.1) is 0 Å². The Morgan fingerprint density at radius 1 is 0.800 bits per heavy atom. The number of phenolic OH excluding ortho intramolecular Hbond substituents is 2. The van der Waals surface area contributed by atoms with E-state index in [0.717, 1.165) is 0 Å². The molecular weight excluding hydrogens is 328 g/mol. The molecule has 3 aromatic rings. The van der Waals surface area contributed by atoms with Crippen LogP contribution in [0.5, 0.6) is 23.0 Å². The number of methoxy groups -OCH3 is 2. The number of ether oxygens (including phenoxy) is 3. The number of benzene rings is 3. The lowest BCUT2D eigenvalue weighted by molar-refractivity contribution is 0.0444. The minimum atomic E-state index is -0.793. The summed E-state index contributed by atoms with van der Waals surface area (Å²) in [5, 5.41) is 22.4. The van der Waals surface area contributed by atoms with E-state index in [2.05, 4.69) is 4.74 Å². The van der Waals surface area contributed by atoms with Crippen molar-refractivity contribution in [2.75, 3.05) is 14.2 Å². The first kappa shape index (κ1) is 15.1. The van der Waals surface area contributed by atoms with Crippen molar-refractivity contribution in [1.82, 2.24) is 0 Å². The van der Waals surface area contributed by atoms with Gasteiger partial charge in [0.15, 0.2) is 0 Å². The lowest BCUT2D eigenvalue weighted by Crippen LogP contribution is -1.96. The van der Waals surface area contributed by atoms with Crippen LogP contribution >= 0.6 is 0 Å². The van der Waals surface area contributed by atoms with Crippen LogP contribution in [0.15, 0.2) is 24.3 Å². The monoisotopic (exact) mass is 340 g/mol. The number of aromatic hydroxyl groups is 2. The quantitative estimate of drug-likeness (QED) is 0.320. The first-order valence-corrected chi connectivity index (χ1v) is 7.30. The Morgan fingerprint density at radius 2 is 1.20 bits per heavy atom. The standard InChI is InChI=1S/C18H12O7/c1-23-11-3-4-12(24-2)14-13(11)15(19)7-5-9-10(6-8(7)16(14)20)18(22)25-17(9)21/h3-6,19-20H,1-2H3. The maximum atomic E-state index is 11.8. The predicted molar refractivity (Wildman–Crippen MR) is 87.6 cm³/mol. The summed E-state index contributed by atoms with van der Waals surface area (Å²) < 4.78 is 15.1. The molecule has 126 valence electrons. The fourth-order valence-electron chi connectivity index (χ4n) is 3.17. The Hall–Kier alpha value is -3.48. The SMILES string of the molecule is COc1ccc(OC)c2c(O)c3cc4c(cc3c(O)c12)C(=O)OC4=O. The van der Waals surface area contributed by atoms with Crippen molar-refractivity contribution >= 4 is 33.5 Å². The summed E-state index contributed by atoms with van der Waals surface area (Å²) in [4.78, 5) is 23.5. The van der Waals surface area contributed by atoms with Crippen LogP contribution in [0.25, 0.3) is 21.5 Å². The summed E-state index contributed by atoms with van der Waals surface area (Å²) in [7, 11) is 2.86. The van der Waals surface area contributed by atoms with Gasteiger partial charge in [-0.2, -0.15) is 0 Å². The molecule has 3 aromatic carbocycles. The molecule has 0 fully saturated rings. The predicted octanol–water partition coefficient (Wildman–Crippen LogP) is 2.73. The molecule has 0 bridgehead atoms. The van der Waals surface area contributed by atoms with Crippen LogP contribution in [0.2, 0.25) is 0 Å². The first-order valence-electron chi connectivity index (χ1n) is 7.30. The lowest BCUT2D eigenvalue weighted by Gasteiger charge is -2.15. The highest BCUT2D eigenvalue weighted by molar-refractivity contribution is 6.21. The van der Waals surface area contributed by atoms with Crippen molar-refractivity contribution in [1.29, 1.82) is 0 Å². The molecular formula is C18H12O7. The van der Waals surface area contributed by atoms with Crippen molar-refractivity contribution in [3.8, 4) is 23.0 Å². The van der Waals surface area contributed by atoms with E-state index in [9.17, 15) is 19.8 Å². The zero-order valence-corrected chi connectivity index (χ0v) is 13.2. The highest BCUT2D eigenvalue weighted by Crippen LogP contribution is 2.49. The highest BCUT2D eigenvalue weighted by atomic mass is 16.6. The van der Waals surface area contributed by atoms with Gasteiger partial charge < -0.3 is 24.4 Å². The number of fused-ring (bicyclic) bond motifs is 3. The van der Waals surface area contributed by atoms with Gasteiger partial charge in [-0.3, -0.25) is 0 Å². The van der Waals surface area contributed by atoms with Crippen LogP contribution in [0.1, 0.15) is 20.7 Å². The minimum Gasteiger partial charge on any atom is -0.507 e. The lowest BCUT2D eigenvalue weighted by atomic mass is 9.95. The number of hydrogen-bond acceptors (Lipinski definition) is 7. The first-order chi connectivity index (χ1) is 12.0. The van der Waals surface area contributed by atoms with E-state index in [1.807, 2.05) is 0 Å². The van der Waals surface area contributed by atoms with Gasteiger partial charge in [-0.15, -0.1) is 0 Å². The summed E-state index contributed by atoms with van der Waals surface area (Å²) in [6, 6.07) is 5.84. The van der Waals surface area contributed by atoms with Gasteiger partial charge in [0, 0.05) is 10.8 Å². The summed E-state index contributed by atoms with van der Waals surface area (Å²) in [6.45, 7) is 0. The van der Waals surface area contributed by atoms with E-state index in [1.54, 1.807) is 12.1 Å². The number of carbonyl (C=O) groups is 2. The Morgan fingerprint density at radius 3 is 1.56 bits per heavy atom. The maximum absolute atomic E-state index is 11.8. The minimum absolute atomic E-state index is 0.0356. The molecule has 0 saturated carbocycles. The second-order valence-electron chi connectivity index (χ2n) is 5.54. The molecule has 0 saturated heterocycles. The molecule has 25 heavy (non-hydrogen) atoms. The van der Waals surface area contributed by atoms with Crippen molar-refractivity contribution in [3.63, 3.8) is 0 Å². The normalized spacial score (nSPS) is 13.2. The average molecular weight is 340 g/mol. The Balaban J connectivity index is 2.25. The summed E-state index contributed by atoms with van der Waals surface area (Å²) >= 11 is 0. The van der Waals surface area contributed by atoms with E-state index in [1.165, 1.54) is 26.4 Å². The second kappa shape index (κ2) is 5.01. The van der Waals surface area contributed by atoms with Gasteiger partial charge in [0.25, 0.3) is 0 Å². The number of hydrogen-bond donors (Lipinski definition) is 2. The van der Waals surface area contributed by atoms with Crippen LogP contribution in [0.3, 0.4) is 0 Å². The van der Waals surface area contributed by atoms with E-state index < -0.39 is 11.9 Å². The van der Waals surface area contributed by atoms with Gasteiger partial charge in [-0.1, -0.05) is 0 Å². The molecule has 4 rings (SSSR count). The Kier molecular flexibility index (Phi) is 3.02. The van der Waals surface area contributed by atoms with E-state index in [4.69, 9.17) is 9.47 Å². The van der Waals surface area contributed by atoms with Gasteiger partial charge in [-0.25, -0.2) is 9.59 Å². The maximum Gasteiger partial charge on any atom is 0.346 e. The van der Waals surface area contributed by atoms with Crippen LogP contribution in [-0.2, 0) is 4.74 Å². The number of esters is 2. The second-order valence-corrected chi connectivity index (χ2v) is 5.54. The molecule has 0 radical (unpaired) electrons. The fourth-order valence-corrected chi connectivity index (χ4v) is 3.17. The number of rotatable bonds is 2. The smallest absolute Gasteiger partial charge is 0.346 e. The third-order valence-electron chi connectivity index (χ3n) is 4.34. The number of carbonyl (C=O) groups excluding carboxylic acids is 2. The van der Waals surface area contributed by atoms with Crippen molar-refractivity contribution < 1.29 is 34.0 Å². The molecule has 7 nitrogen and oxygen atoms in total.